The molecular formula is C20H11BrN2O3. The number of hydrogen-bond donors (Lipinski definition) is 1. The molecule has 6 heteroatoms. The standard InChI is InChI=1S/C20H11BrN2O3/c21-11-5-3-4-10(8-11)15-14(9-22)20(23)26-19-16(15)17(24)12-6-1-2-7-13(12)18(19)25/h1-8,15H,23H2/t15-/m1/s1. The molecule has 0 saturated heterocycles. The minimum absolute atomic E-state index is 0.102. The van der Waals surface area contributed by atoms with Crippen molar-refractivity contribution in [1.82, 2.24) is 0 Å². The summed E-state index contributed by atoms with van der Waals surface area (Å²) < 4.78 is 6.23. The summed E-state index contributed by atoms with van der Waals surface area (Å²) >= 11 is 3.40. The van der Waals surface area contributed by atoms with Crippen molar-refractivity contribution in [3.8, 4) is 6.07 Å². The second kappa shape index (κ2) is 5.97. The number of nitriles is 1. The number of carbonyl (C=O) groups is 2. The number of allylic oxidation sites excluding steroid dienone is 3. The van der Waals surface area contributed by atoms with Gasteiger partial charge in [0.25, 0.3) is 0 Å². The van der Waals surface area contributed by atoms with Crippen LogP contribution in [-0.2, 0) is 4.74 Å². The molecule has 2 aromatic rings. The lowest BCUT2D eigenvalue weighted by Gasteiger charge is -2.31. The number of halogens is 1. The topological polar surface area (TPSA) is 93.2 Å². The maximum absolute atomic E-state index is 13.2. The molecule has 5 nitrogen and oxygen atoms in total. The quantitative estimate of drug-likeness (QED) is 0.780. The van der Waals surface area contributed by atoms with Gasteiger partial charge in [0.2, 0.25) is 11.7 Å². The predicted octanol–water partition coefficient (Wildman–Crippen LogP) is 3.59. The van der Waals surface area contributed by atoms with Crippen LogP contribution in [0.1, 0.15) is 32.2 Å². The number of ketones is 2. The van der Waals surface area contributed by atoms with Gasteiger partial charge in [-0.1, -0.05) is 52.3 Å². The van der Waals surface area contributed by atoms with Gasteiger partial charge >= 0.3 is 0 Å². The molecule has 0 bridgehead atoms. The molecule has 26 heavy (non-hydrogen) atoms. The van der Waals surface area contributed by atoms with E-state index in [1.807, 2.05) is 12.1 Å². The van der Waals surface area contributed by atoms with Crippen LogP contribution in [0.25, 0.3) is 0 Å². The first-order valence-electron chi connectivity index (χ1n) is 7.78. The van der Waals surface area contributed by atoms with E-state index in [9.17, 15) is 14.9 Å². The van der Waals surface area contributed by atoms with E-state index >= 15 is 0 Å². The van der Waals surface area contributed by atoms with Crippen LogP contribution in [0.3, 0.4) is 0 Å². The van der Waals surface area contributed by atoms with Crippen LogP contribution < -0.4 is 5.73 Å². The summed E-state index contributed by atoms with van der Waals surface area (Å²) in [6, 6.07) is 15.8. The van der Waals surface area contributed by atoms with E-state index in [0.717, 1.165) is 4.47 Å². The van der Waals surface area contributed by atoms with E-state index in [1.54, 1.807) is 42.5 Å². The predicted molar refractivity (Wildman–Crippen MR) is 96.9 cm³/mol. The number of Topliss-reactive ketones (excluding diaryl/α,β-unsaturated/α-hetero) is 2. The molecule has 2 N–H and O–H groups in total. The van der Waals surface area contributed by atoms with Crippen molar-refractivity contribution in [2.45, 2.75) is 5.92 Å². The SMILES string of the molecule is N#CC1=C(N)OC2=C(C(=O)c3ccccc3C2=O)[C@@H]1c1cccc(Br)c1. The summed E-state index contributed by atoms with van der Waals surface area (Å²) in [5, 5.41) is 9.60. The van der Waals surface area contributed by atoms with Gasteiger partial charge in [0.05, 0.1) is 11.5 Å². The third-order valence-corrected chi connectivity index (χ3v) is 4.96. The van der Waals surface area contributed by atoms with Crippen LogP contribution in [0.2, 0.25) is 0 Å². The Bertz CT molecular complexity index is 1090. The summed E-state index contributed by atoms with van der Waals surface area (Å²) in [7, 11) is 0. The molecule has 0 unspecified atom stereocenters. The minimum atomic E-state index is -0.758. The number of nitrogens with two attached hydrogens (primary N) is 1. The summed E-state index contributed by atoms with van der Waals surface area (Å²) in [4.78, 5) is 26.0. The fourth-order valence-electron chi connectivity index (χ4n) is 3.33. The first-order chi connectivity index (χ1) is 12.5. The highest BCUT2D eigenvalue weighted by Gasteiger charge is 2.43. The highest BCUT2D eigenvalue weighted by atomic mass is 79.9. The molecule has 0 fully saturated rings. The Morgan fingerprint density at radius 2 is 1.73 bits per heavy atom. The second-order valence-electron chi connectivity index (χ2n) is 5.93. The molecule has 126 valence electrons. The molecule has 1 aliphatic carbocycles. The lowest BCUT2D eigenvalue weighted by atomic mass is 9.75. The average molecular weight is 407 g/mol. The van der Waals surface area contributed by atoms with Crippen molar-refractivity contribution in [3.05, 3.63) is 92.5 Å². The Hall–Kier alpha value is -3.17. The molecular weight excluding hydrogens is 396 g/mol. The Balaban J connectivity index is 1.99. The molecule has 4 rings (SSSR count). The van der Waals surface area contributed by atoms with E-state index in [2.05, 4.69) is 15.9 Å². The first kappa shape index (κ1) is 16.3. The highest BCUT2D eigenvalue weighted by molar-refractivity contribution is 9.10. The van der Waals surface area contributed by atoms with Gasteiger partial charge in [0.15, 0.2) is 11.5 Å². The summed E-state index contributed by atoms with van der Waals surface area (Å²) in [6.07, 6.45) is 0. The van der Waals surface area contributed by atoms with Gasteiger partial charge in [-0.05, 0) is 17.7 Å². The Morgan fingerprint density at radius 1 is 1.04 bits per heavy atom. The summed E-state index contributed by atoms with van der Waals surface area (Å²) in [5.41, 5.74) is 7.43. The average Bonchev–Trinajstić information content (AvgIpc) is 2.65. The number of nitrogens with zero attached hydrogens (tertiary/aromatic N) is 1. The van der Waals surface area contributed by atoms with E-state index in [0.29, 0.717) is 11.1 Å². The van der Waals surface area contributed by atoms with E-state index in [1.165, 1.54) is 0 Å². The zero-order valence-electron chi connectivity index (χ0n) is 13.3. The molecule has 2 aromatic carbocycles. The van der Waals surface area contributed by atoms with Gasteiger partial charge in [0, 0.05) is 15.6 Å². The van der Waals surface area contributed by atoms with Gasteiger partial charge in [-0.25, -0.2) is 0 Å². The Labute approximate surface area is 157 Å². The van der Waals surface area contributed by atoms with E-state index in [4.69, 9.17) is 10.5 Å². The fourth-order valence-corrected chi connectivity index (χ4v) is 3.74. The van der Waals surface area contributed by atoms with Crippen LogP contribution in [0.4, 0.5) is 0 Å². The maximum Gasteiger partial charge on any atom is 0.229 e. The minimum Gasteiger partial charge on any atom is -0.436 e. The normalized spacial score (nSPS) is 18.8. The third-order valence-electron chi connectivity index (χ3n) is 4.47. The number of hydrogen-bond acceptors (Lipinski definition) is 5. The number of rotatable bonds is 1. The zero-order valence-corrected chi connectivity index (χ0v) is 14.9. The fraction of sp³-hybridized carbons (Fsp3) is 0.0500. The molecule has 2 aliphatic rings. The molecule has 0 saturated carbocycles. The van der Waals surface area contributed by atoms with E-state index in [-0.39, 0.29) is 34.1 Å². The molecule has 1 aliphatic heterocycles. The number of carbonyl (C=O) groups excluding carboxylic acids is 2. The second-order valence-corrected chi connectivity index (χ2v) is 6.84. The van der Waals surface area contributed by atoms with Gasteiger partial charge < -0.3 is 10.5 Å². The Morgan fingerprint density at radius 3 is 2.38 bits per heavy atom. The summed E-state index contributed by atoms with van der Waals surface area (Å²) in [6.45, 7) is 0. The van der Waals surface area contributed by atoms with E-state index < -0.39 is 11.7 Å². The third kappa shape index (κ3) is 2.29. The van der Waals surface area contributed by atoms with Crippen LogP contribution in [0, 0.1) is 11.3 Å². The van der Waals surface area contributed by atoms with Crippen LogP contribution in [-0.4, -0.2) is 11.6 Å². The van der Waals surface area contributed by atoms with Crippen molar-refractivity contribution in [2.24, 2.45) is 5.73 Å². The van der Waals surface area contributed by atoms with Gasteiger partial charge in [0.1, 0.15) is 11.6 Å². The smallest absolute Gasteiger partial charge is 0.229 e. The number of benzene rings is 2. The molecule has 1 heterocycles. The van der Waals surface area contributed by atoms with Crippen molar-refractivity contribution in [3.63, 3.8) is 0 Å². The van der Waals surface area contributed by atoms with Crippen molar-refractivity contribution < 1.29 is 14.3 Å². The number of ether oxygens (including phenoxy) is 1. The van der Waals surface area contributed by atoms with Crippen molar-refractivity contribution in [1.29, 1.82) is 5.26 Å². The van der Waals surface area contributed by atoms with Gasteiger partial charge in [-0.2, -0.15) is 5.26 Å². The molecule has 0 spiro atoms. The maximum atomic E-state index is 13.2. The number of fused-ring (bicyclic) bond motifs is 1. The van der Waals surface area contributed by atoms with Gasteiger partial charge in [-0.3, -0.25) is 9.59 Å². The molecule has 1 atom stereocenters. The van der Waals surface area contributed by atoms with Crippen LogP contribution in [0.5, 0.6) is 0 Å². The van der Waals surface area contributed by atoms with Crippen molar-refractivity contribution >= 4 is 27.5 Å². The largest absolute Gasteiger partial charge is 0.436 e. The van der Waals surface area contributed by atoms with Crippen LogP contribution in [0.15, 0.2) is 75.8 Å². The van der Waals surface area contributed by atoms with Gasteiger partial charge in [-0.15, -0.1) is 0 Å². The monoisotopic (exact) mass is 406 g/mol. The lowest BCUT2D eigenvalue weighted by molar-refractivity contribution is 0.0897. The molecule has 0 radical (unpaired) electrons. The Kier molecular flexibility index (Phi) is 3.74. The van der Waals surface area contributed by atoms with Crippen LogP contribution >= 0.6 is 15.9 Å². The zero-order chi connectivity index (χ0) is 18.4. The first-order valence-corrected chi connectivity index (χ1v) is 8.58. The highest BCUT2D eigenvalue weighted by Crippen LogP contribution is 2.44. The molecule has 0 aromatic heterocycles. The molecule has 0 amide bonds. The lowest BCUT2D eigenvalue weighted by Crippen LogP contribution is -2.32. The summed E-state index contributed by atoms with van der Waals surface area (Å²) in [5.74, 6) is -1.76. The van der Waals surface area contributed by atoms with Crippen molar-refractivity contribution in [2.75, 3.05) is 0 Å².